The number of aromatic amines is 1. The van der Waals surface area contributed by atoms with E-state index < -0.39 is 41.9 Å². The van der Waals surface area contributed by atoms with E-state index in [0.717, 1.165) is 4.57 Å². The van der Waals surface area contributed by atoms with Gasteiger partial charge in [-0.25, -0.2) is 4.79 Å². The molecule has 3 heterocycles. The Hall–Kier alpha value is -1.48. The van der Waals surface area contributed by atoms with E-state index in [1.165, 1.54) is 12.3 Å². The molecule has 3 N–H and O–H groups in total. The Morgan fingerprint density at radius 1 is 1.56 bits per heavy atom. The largest absolute Gasteiger partial charge is 0.393 e. The first-order valence-corrected chi connectivity index (χ1v) is 5.47. The molecule has 0 radical (unpaired) electrons. The molecule has 18 heavy (non-hydrogen) atoms. The van der Waals surface area contributed by atoms with Crippen LogP contribution >= 0.6 is 0 Å². The Morgan fingerprint density at radius 2 is 2.33 bits per heavy atom. The van der Waals surface area contributed by atoms with Gasteiger partial charge in [-0.2, -0.15) is 0 Å². The van der Waals surface area contributed by atoms with Gasteiger partial charge in [0.05, 0.1) is 13.2 Å². The molecule has 1 aromatic rings. The van der Waals surface area contributed by atoms with Gasteiger partial charge in [0.25, 0.3) is 5.56 Å². The maximum atomic E-state index is 11.6. The van der Waals surface area contributed by atoms with Crippen LogP contribution in [0.3, 0.4) is 0 Å². The lowest BCUT2D eigenvalue weighted by atomic mass is 10.0. The smallest absolute Gasteiger partial charge is 0.330 e. The Bertz CT molecular complexity index is 580. The molecule has 2 saturated heterocycles. The fourth-order valence-electron chi connectivity index (χ4n) is 2.38. The van der Waals surface area contributed by atoms with Gasteiger partial charge in [0.1, 0.15) is 17.8 Å². The molecule has 3 rings (SSSR count). The van der Waals surface area contributed by atoms with Crippen molar-refractivity contribution in [2.45, 2.75) is 24.0 Å². The van der Waals surface area contributed by atoms with Crippen molar-refractivity contribution in [1.29, 1.82) is 0 Å². The summed E-state index contributed by atoms with van der Waals surface area (Å²) in [5, 5.41) is 19.2. The number of fused-ring (bicyclic) bond motifs is 2. The Labute approximate surface area is 100 Å². The minimum absolute atomic E-state index is 0.0734. The van der Waals surface area contributed by atoms with Crippen molar-refractivity contribution in [2.75, 3.05) is 13.2 Å². The second kappa shape index (κ2) is 3.75. The fraction of sp³-hybridized carbons (Fsp3) is 0.600. The van der Waals surface area contributed by atoms with Gasteiger partial charge in [-0.15, -0.1) is 0 Å². The van der Waals surface area contributed by atoms with Crippen LogP contribution in [0.1, 0.15) is 6.23 Å². The number of nitrogens with one attached hydrogen (secondary N) is 1. The summed E-state index contributed by atoms with van der Waals surface area (Å²) in [4.78, 5) is 24.7. The van der Waals surface area contributed by atoms with E-state index in [1.54, 1.807) is 0 Å². The van der Waals surface area contributed by atoms with Gasteiger partial charge in [-0.05, 0) is 0 Å². The first-order chi connectivity index (χ1) is 8.57. The monoisotopic (exact) mass is 256 g/mol. The van der Waals surface area contributed by atoms with Crippen molar-refractivity contribution < 1.29 is 19.7 Å². The molecule has 4 atom stereocenters. The molecule has 98 valence electrons. The molecule has 8 nitrogen and oxygen atoms in total. The van der Waals surface area contributed by atoms with Crippen LogP contribution in [0.25, 0.3) is 0 Å². The highest BCUT2D eigenvalue weighted by atomic mass is 16.7. The number of aromatic nitrogens is 2. The minimum Gasteiger partial charge on any atom is -0.393 e. The number of ether oxygens (including phenoxy) is 2. The number of H-pyrrole nitrogens is 1. The molecule has 0 spiro atoms. The van der Waals surface area contributed by atoms with Gasteiger partial charge < -0.3 is 19.7 Å². The van der Waals surface area contributed by atoms with Crippen molar-refractivity contribution >= 4 is 0 Å². The first-order valence-electron chi connectivity index (χ1n) is 5.47. The van der Waals surface area contributed by atoms with E-state index in [9.17, 15) is 19.8 Å². The molecule has 8 heteroatoms. The van der Waals surface area contributed by atoms with Crippen LogP contribution in [0.15, 0.2) is 21.9 Å². The maximum absolute atomic E-state index is 11.6. The van der Waals surface area contributed by atoms with Crippen molar-refractivity contribution in [3.63, 3.8) is 0 Å². The summed E-state index contributed by atoms with van der Waals surface area (Å²) in [6.07, 6.45) is -1.33. The molecule has 0 saturated carbocycles. The van der Waals surface area contributed by atoms with Gasteiger partial charge in [-0.3, -0.25) is 14.3 Å². The predicted molar refractivity (Wildman–Crippen MR) is 57.0 cm³/mol. The molecule has 0 amide bonds. The summed E-state index contributed by atoms with van der Waals surface area (Å²) in [7, 11) is 0. The third-order valence-corrected chi connectivity index (χ3v) is 3.40. The van der Waals surface area contributed by atoms with Gasteiger partial charge in [-0.1, -0.05) is 0 Å². The van der Waals surface area contributed by atoms with Crippen LogP contribution < -0.4 is 11.2 Å². The van der Waals surface area contributed by atoms with Crippen molar-refractivity contribution in [2.24, 2.45) is 0 Å². The summed E-state index contributed by atoms with van der Waals surface area (Å²) in [5.74, 6) is 0. The number of nitrogens with zero attached hydrogens (tertiary/aromatic N) is 1. The lowest BCUT2D eigenvalue weighted by Gasteiger charge is -2.29. The van der Waals surface area contributed by atoms with Crippen molar-refractivity contribution in [3.8, 4) is 0 Å². The third-order valence-electron chi connectivity index (χ3n) is 3.40. The average molecular weight is 256 g/mol. The summed E-state index contributed by atoms with van der Waals surface area (Å²) in [5.41, 5.74) is -2.35. The highest BCUT2D eigenvalue weighted by molar-refractivity contribution is 5.07. The number of aliphatic hydroxyl groups excluding tert-OH is 2. The van der Waals surface area contributed by atoms with E-state index in [2.05, 4.69) is 4.98 Å². The molecule has 1 aromatic heterocycles. The summed E-state index contributed by atoms with van der Waals surface area (Å²) < 4.78 is 12.0. The molecule has 0 aromatic carbocycles. The quantitative estimate of drug-likeness (QED) is 0.541. The summed E-state index contributed by atoms with van der Waals surface area (Å²) >= 11 is 0. The van der Waals surface area contributed by atoms with E-state index in [0.29, 0.717) is 0 Å². The zero-order chi connectivity index (χ0) is 12.9. The van der Waals surface area contributed by atoms with Gasteiger partial charge in [0.2, 0.25) is 0 Å². The Kier molecular flexibility index (Phi) is 2.42. The SMILES string of the molecule is O=c1ccn(C2O[C@@]3(CO)CO[C@@H]2C3O)c(=O)[nH]1. The predicted octanol–water partition coefficient (Wildman–Crippen LogP) is -2.44. The molecule has 2 bridgehead atoms. The summed E-state index contributed by atoms with van der Waals surface area (Å²) in [6, 6.07) is 1.18. The van der Waals surface area contributed by atoms with Crippen LogP contribution in [-0.2, 0) is 9.47 Å². The van der Waals surface area contributed by atoms with Crippen molar-refractivity contribution in [3.05, 3.63) is 33.1 Å². The van der Waals surface area contributed by atoms with E-state index >= 15 is 0 Å². The van der Waals surface area contributed by atoms with Crippen LogP contribution in [0.2, 0.25) is 0 Å². The highest BCUT2D eigenvalue weighted by Gasteiger charge is 2.61. The zero-order valence-electron chi connectivity index (χ0n) is 9.28. The fourth-order valence-corrected chi connectivity index (χ4v) is 2.38. The average Bonchev–Trinajstić information content (AvgIpc) is 2.81. The second-order valence-electron chi connectivity index (χ2n) is 4.47. The zero-order valence-corrected chi connectivity index (χ0v) is 9.28. The van der Waals surface area contributed by atoms with E-state index in [4.69, 9.17) is 9.47 Å². The van der Waals surface area contributed by atoms with E-state index in [-0.39, 0.29) is 6.61 Å². The summed E-state index contributed by atoms with van der Waals surface area (Å²) in [6.45, 7) is -0.330. The van der Waals surface area contributed by atoms with Crippen LogP contribution in [0.5, 0.6) is 0 Å². The minimum atomic E-state index is -1.19. The molecular weight excluding hydrogens is 244 g/mol. The van der Waals surface area contributed by atoms with Crippen LogP contribution in [0, 0.1) is 0 Å². The Balaban J connectivity index is 2.01. The normalized spacial score (nSPS) is 38.2. The second-order valence-corrected chi connectivity index (χ2v) is 4.47. The van der Waals surface area contributed by atoms with Crippen LogP contribution in [-0.4, -0.2) is 50.8 Å². The number of hydrogen-bond acceptors (Lipinski definition) is 6. The lowest BCUT2D eigenvalue weighted by molar-refractivity contribution is -0.187. The molecule has 2 fully saturated rings. The molecule has 2 unspecified atom stereocenters. The van der Waals surface area contributed by atoms with Crippen molar-refractivity contribution in [1.82, 2.24) is 9.55 Å². The number of aliphatic hydroxyl groups is 2. The number of rotatable bonds is 2. The van der Waals surface area contributed by atoms with Gasteiger partial charge in [0, 0.05) is 12.3 Å². The topological polar surface area (TPSA) is 114 Å². The van der Waals surface area contributed by atoms with E-state index in [1.807, 2.05) is 0 Å². The van der Waals surface area contributed by atoms with Gasteiger partial charge in [0.15, 0.2) is 6.23 Å². The first kappa shape index (κ1) is 11.6. The molecule has 0 aliphatic carbocycles. The van der Waals surface area contributed by atoms with Gasteiger partial charge >= 0.3 is 5.69 Å². The Morgan fingerprint density at radius 3 is 2.94 bits per heavy atom. The third kappa shape index (κ3) is 1.40. The maximum Gasteiger partial charge on any atom is 0.330 e. The molecule has 2 aliphatic rings. The number of hydrogen-bond donors (Lipinski definition) is 3. The molecular formula is C10H12N2O6. The highest BCUT2D eigenvalue weighted by Crippen LogP contribution is 2.43. The molecule has 2 aliphatic heterocycles. The van der Waals surface area contributed by atoms with Crippen LogP contribution in [0.4, 0.5) is 0 Å². The standard InChI is InChI=1S/C10H12N2O6/c13-3-10-4-17-6(7(10)15)8(18-10)12-2-1-5(14)11-9(12)16/h1-2,6-8,13,15H,3-4H2,(H,11,14,16)/t6-,7?,8?,10+/m1/s1. The lowest BCUT2D eigenvalue weighted by Crippen LogP contribution is -2.44.